The average molecular weight is 226 g/mol. The summed E-state index contributed by atoms with van der Waals surface area (Å²) in [5.74, 6) is 0. The first kappa shape index (κ1) is 11.8. The van der Waals surface area contributed by atoms with Crippen molar-refractivity contribution < 1.29 is 27.9 Å². The molecule has 7 nitrogen and oxygen atoms in total. The number of nitrogens with one attached hydrogen (secondary N) is 1. The van der Waals surface area contributed by atoms with Gasteiger partial charge in [-0.1, -0.05) is 0 Å². The molecule has 0 radical (unpaired) electrons. The van der Waals surface area contributed by atoms with Gasteiger partial charge in [-0.3, -0.25) is 0 Å². The fraction of sp³-hybridized carbons (Fsp3) is 1.00. The van der Waals surface area contributed by atoms with E-state index in [1.165, 1.54) is 0 Å². The van der Waals surface area contributed by atoms with Crippen LogP contribution in [0.3, 0.4) is 0 Å². The molecule has 1 saturated heterocycles. The second-order valence-electron chi connectivity index (χ2n) is 3.12. The van der Waals surface area contributed by atoms with Crippen LogP contribution in [0.25, 0.3) is 0 Å². The summed E-state index contributed by atoms with van der Waals surface area (Å²) in [6.45, 7) is -0.359. The molecule has 0 bridgehead atoms. The Labute approximate surface area is 81.6 Å². The minimum atomic E-state index is -4.58. The van der Waals surface area contributed by atoms with Gasteiger partial charge in [-0.25, -0.2) is 13.1 Å². The Morgan fingerprint density at radius 2 is 2.21 bits per heavy atom. The lowest BCUT2D eigenvalue weighted by Gasteiger charge is -2.33. The maximum Gasteiger partial charge on any atom is 0.159 e. The minimum Gasteiger partial charge on any atom is -0.735 e. The smallest absolute Gasteiger partial charge is 0.159 e. The molecule has 3 N–H and O–H groups in total. The van der Waals surface area contributed by atoms with E-state index in [4.69, 9.17) is 9.84 Å². The summed E-state index contributed by atoms with van der Waals surface area (Å²) in [5.41, 5.74) is 0. The van der Waals surface area contributed by atoms with Crippen molar-refractivity contribution in [1.82, 2.24) is 4.72 Å². The number of ether oxygens (including phenoxy) is 1. The third-order valence-electron chi connectivity index (χ3n) is 1.98. The Bertz CT molecular complexity index is 278. The van der Waals surface area contributed by atoms with Gasteiger partial charge in [0.25, 0.3) is 0 Å². The topological polar surface area (TPSA) is 119 Å². The van der Waals surface area contributed by atoms with Crippen LogP contribution in [0, 0.1) is 0 Å². The Morgan fingerprint density at radius 3 is 2.64 bits per heavy atom. The van der Waals surface area contributed by atoms with E-state index in [2.05, 4.69) is 0 Å². The van der Waals surface area contributed by atoms with Crippen molar-refractivity contribution >= 4 is 10.3 Å². The molecule has 0 spiro atoms. The molecule has 0 amide bonds. The summed E-state index contributed by atoms with van der Waals surface area (Å²) in [4.78, 5) is 0. The number of rotatable bonds is 3. The Balaban J connectivity index is 2.50. The van der Waals surface area contributed by atoms with Crippen molar-refractivity contribution in [2.75, 3.05) is 13.2 Å². The standard InChI is InChI=1S/C6H13NO6S/c8-2-4-1-6(9)5(3-13-4)7-14(10,11)12/h4-9H,1-3H2,(H,10,11,12)/p-1/t4?,5?,6-/m1/s1. The van der Waals surface area contributed by atoms with Gasteiger partial charge in [0.05, 0.1) is 31.5 Å². The number of hydrogen-bond acceptors (Lipinski definition) is 6. The van der Waals surface area contributed by atoms with Crippen LogP contribution in [0.5, 0.6) is 0 Å². The van der Waals surface area contributed by atoms with Gasteiger partial charge in [0.1, 0.15) is 0 Å². The van der Waals surface area contributed by atoms with Gasteiger partial charge in [-0.05, 0) is 0 Å². The Hall–Kier alpha value is -0.250. The highest BCUT2D eigenvalue weighted by atomic mass is 32.2. The Kier molecular flexibility index (Phi) is 3.81. The van der Waals surface area contributed by atoms with E-state index in [1.807, 2.05) is 0 Å². The zero-order valence-corrected chi connectivity index (χ0v) is 8.11. The van der Waals surface area contributed by atoms with Crippen LogP contribution >= 0.6 is 0 Å². The van der Waals surface area contributed by atoms with E-state index in [1.54, 1.807) is 4.72 Å². The molecule has 0 aliphatic carbocycles. The number of hydrogen-bond donors (Lipinski definition) is 3. The van der Waals surface area contributed by atoms with E-state index in [0.717, 1.165) is 0 Å². The highest BCUT2D eigenvalue weighted by molar-refractivity contribution is 7.83. The molecular formula is C6H12NO6S-. The second-order valence-corrected chi connectivity index (χ2v) is 4.26. The zero-order chi connectivity index (χ0) is 10.8. The van der Waals surface area contributed by atoms with Gasteiger partial charge >= 0.3 is 0 Å². The lowest BCUT2D eigenvalue weighted by Crippen LogP contribution is -2.52. The van der Waals surface area contributed by atoms with Crippen LogP contribution < -0.4 is 4.72 Å². The van der Waals surface area contributed by atoms with Crippen LogP contribution in [0.2, 0.25) is 0 Å². The monoisotopic (exact) mass is 226 g/mol. The molecule has 14 heavy (non-hydrogen) atoms. The van der Waals surface area contributed by atoms with Crippen molar-refractivity contribution in [3.63, 3.8) is 0 Å². The summed E-state index contributed by atoms with van der Waals surface area (Å²) in [7, 11) is -4.58. The quantitative estimate of drug-likeness (QED) is 0.459. The second kappa shape index (κ2) is 4.51. The van der Waals surface area contributed by atoms with E-state index >= 15 is 0 Å². The fourth-order valence-corrected chi connectivity index (χ4v) is 1.87. The molecule has 1 rings (SSSR count). The van der Waals surface area contributed by atoms with Gasteiger partial charge in [0.15, 0.2) is 10.3 Å². The maximum absolute atomic E-state index is 10.3. The van der Waals surface area contributed by atoms with Crippen LogP contribution in [0.15, 0.2) is 0 Å². The molecule has 1 heterocycles. The molecule has 1 aliphatic rings. The van der Waals surface area contributed by atoms with Crippen molar-refractivity contribution in [3.8, 4) is 0 Å². The predicted molar refractivity (Wildman–Crippen MR) is 44.1 cm³/mol. The molecule has 84 valence electrons. The first-order valence-corrected chi connectivity index (χ1v) is 5.47. The third-order valence-corrected chi connectivity index (χ3v) is 2.57. The lowest BCUT2D eigenvalue weighted by molar-refractivity contribution is -0.0792. The van der Waals surface area contributed by atoms with Gasteiger partial charge in [0, 0.05) is 6.42 Å². The van der Waals surface area contributed by atoms with E-state index in [0.29, 0.717) is 0 Å². The van der Waals surface area contributed by atoms with Crippen LogP contribution in [-0.2, 0) is 15.0 Å². The van der Waals surface area contributed by atoms with Crippen molar-refractivity contribution in [2.24, 2.45) is 0 Å². The van der Waals surface area contributed by atoms with Gasteiger partial charge < -0.3 is 19.5 Å². The first-order valence-electron chi connectivity index (χ1n) is 4.06. The van der Waals surface area contributed by atoms with Crippen LogP contribution in [0.1, 0.15) is 6.42 Å². The molecule has 0 aromatic carbocycles. The predicted octanol–water partition coefficient (Wildman–Crippen LogP) is -2.45. The first-order chi connectivity index (χ1) is 6.42. The van der Waals surface area contributed by atoms with Gasteiger partial charge in [0.2, 0.25) is 0 Å². The van der Waals surface area contributed by atoms with E-state index in [9.17, 15) is 18.1 Å². The summed E-state index contributed by atoms with van der Waals surface area (Å²) in [5, 5.41) is 18.1. The van der Waals surface area contributed by atoms with Crippen molar-refractivity contribution in [3.05, 3.63) is 0 Å². The molecule has 1 fully saturated rings. The molecule has 2 unspecified atom stereocenters. The molecule has 1 aliphatic heterocycles. The Morgan fingerprint density at radius 1 is 1.57 bits per heavy atom. The lowest BCUT2D eigenvalue weighted by atomic mass is 10.0. The normalized spacial score (nSPS) is 34.4. The van der Waals surface area contributed by atoms with Gasteiger partial charge in [-0.2, -0.15) is 0 Å². The van der Waals surface area contributed by atoms with Crippen LogP contribution in [-0.4, -0.2) is 54.6 Å². The third kappa shape index (κ3) is 3.48. The number of aliphatic hydroxyl groups is 2. The highest BCUT2D eigenvalue weighted by Crippen LogP contribution is 2.14. The van der Waals surface area contributed by atoms with Crippen LogP contribution in [0.4, 0.5) is 0 Å². The summed E-state index contributed by atoms with van der Waals surface area (Å²) < 4.78 is 37.6. The molecule has 3 atom stereocenters. The summed E-state index contributed by atoms with van der Waals surface area (Å²) in [6.07, 6.45) is -1.41. The van der Waals surface area contributed by atoms with Crippen molar-refractivity contribution in [2.45, 2.75) is 24.7 Å². The molecular weight excluding hydrogens is 214 g/mol. The average Bonchev–Trinajstić information content (AvgIpc) is 2.06. The molecule has 0 saturated carbocycles. The van der Waals surface area contributed by atoms with Gasteiger partial charge in [-0.15, -0.1) is 0 Å². The fourth-order valence-electron chi connectivity index (χ4n) is 1.28. The molecule has 0 aromatic rings. The molecule has 0 aromatic heterocycles. The van der Waals surface area contributed by atoms with Crippen molar-refractivity contribution in [1.29, 1.82) is 0 Å². The minimum absolute atomic E-state index is 0.101. The number of aliphatic hydroxyl groups excluding tert-OH is 2. The van der Waals surface area contributed by atoms with E-state index in [-0.39, 0.29) is 19.6 Å². The maximum atomic E-state index is 10.3. The van der Waals surface area contributed by atoms with E-state index < -0.39 is 28.6 Å². The summed E-state index contributed by atoms with van der Waals surface area (Å²) >= 11 is 0. The SMILES string of the molecule is O=S(=O)([O-])NC1COC(CO)C[C@H]1O. The highest BCUT2D eigenvalue weighted by Gasteiger charge is 2.30. The largest absolute Gasteiger partial charge is 0.735 e. The molecule has 8 heteroatoms. The zero-order valence-electron chi connectivity index (χ0n) is 7.29. The summed E-state index contributed by atoms with van der Waals surface area (Å²) in [6, 6.07) is -0.930.